The lowest BCUT2D eigenvalue weighted by atomic mass is 9.92. The van der Waals surface area contributed by atoms with E-state index in [1.165, 1.54) is 6.07 Å². The van der Waals surface area contributed by atoms with Crippen LogP contribution in [0.5, 0.6) is 11.5 Å². The third-order valence-electron chi connectivity index (χ3n) is 5.04. The van der Waals surface area contributed by atoms with Gasteiger partial charge in [-0.3, -0.25) is 14.9 Å². The lowest BCUT2D eigenvalue weighted by Gasteiger charge is -2.10. The van der Waals surface area contributed by atoms with Gasteiger partial charge in [-0.15, -0.1) is 0 Å². The number of phenolic OH excluding ortho intramolecular Hbond substituents is 1. The lowest BCUT2D eigenvalue weighted by Crippen LogP contribution is -2.20. The van der Waals surface area contributed by atoms with Gasteiger partial charge in [0.15, 0.2) is 0 Å². The number of halogens is 1. The Morgan fingerprint density at radius 3 is 2.54 bits per heavy atom. The monoisotopic (exact) mass is 392 g/mol. The van der Waals surface area contributed by atoms with Gasteiger partial charge in [0, 0.05) is 27.4 Å². The summed E-state index contributed by atoms with van der Waals surface area (Å²) >= 11 is 6.29. The van der Waals surface area contributed by atoms with Crippen molar-refractivity contribution in [3.8, 4) is 22.6 Å². The third kappa shape index (κ3) is 2.15. The van der Waals surface area contributed by atoms with Crippen LogP contribution in [0.4, 0.5) is 0 Å². The smallest absolute Gasteiger partial charge is 0.259 e. The van der Waals surface area contributed by atoms with Crippen molar-refractivity contribution in [3.05, 3.63) is 58.6 Å². The highest BCUT2D eigenvalue weighted by Crippen LogP contribution is 2.42. The maximum atomic E-state index is 12.7. The average Bonchev–Trinajstić information content (AvgIpc) is 3.19. The predicted octanol–water partition coefficient (Wildman–Crippen LogP) is 4.24. The number of imide groups is 1. The number of nitrogens with one attached hydrogen (secondary N) is 2. The number of aromatic amines is 1. The van der Waals surface area contributed by atoms with E-state index in [4.69, 9.17) is 16.3 Å². The molecule has 1 aliphatic rings. The largest absolute Gasteiger partial charge is 0.506 e. The van der Waals surface area contributed by atoms with Crippen molar-refractivity contribution < 1.29 is 19.4 Å². The molecule has 0 saturated carbocycles. The normalized spacial score (nSPS) is 13.2. The Bertz CT molecular complexity index is 1340. The zero-order chi connectivity index (χ0) is 19.6. The summed E-state index contributed by atoms with van der Waals surface area (Å²) in [6, 6.07) is 12.1. The molecule has 0 bridgehead atoms. The van der Waals surface area contributed by atoms with E-state index < -0.39 is 11.8 Å². The summed E-state index contributed by atoms with van der Waals surface area (Å²) in [6.07, 6.45) is 0. The van der Waals surface area contributed by atoms with Gasteiger partial charge in [-0.2, -0.15) is 0 Å². The maximum Gasteiger partial charge on any atom is 0.259 e. The number of carbonyl (C=O) groups is 2. The molecule has 6 nitrogen and oxygen atoms in total. The SMILES string of the molecule is COc1ccc2[nH]c3cc(-c4cccc(O)c4Cl)c4c(c3c2c1)C(=O)NC4=O. The van der Waals surface area contributed by atoms with E-state index in [1.54, 1.807) is 25.3 Å². The summed E-state index contributed by atoms with van der Waals surface area (Å²) < 4.78 is 5.30. The summed E-state index contributed by atoms with van der Waals surface area (Å²) in [5.74, 6) is -0.411. The highest BCUT2D eigenvalue weighted by molar-refractivity contribution is 6.37. The van der Waals surface area contributed by atoms with Gasteiger partial charge in [0.1, 0.15) is 11.5 Å². The molecule has 28 heavy (non-hydrogen) atoms. The summed E-state index contributed by atoms with van der Waals surface area (Å²) in [5, 5.41) is 13.9. The van der Waals surface area contributed by atoms with Crippen molar-refractivity contribution in [2.45, 2.75) is 0 Å². The molecule has 0 saturated heterocycles. The summed E-state index contributed by atoms with van der Waals surface area (Å²) in [6.45, 7) is 0. The van der Waals surface area contributed by atoms with Crippen molar-refractivity contribution >= 4 is 45.2 Å². The second kappa shape index (κ2) is 5.74. The van der Waals surface area contributed by atoms with Crippen LogP contribution < -0.4 is 10.1 Å². The average molecular weight is 393 g/mol. The summed E-state index contributed by atoms with van der Waals surface area (Å²) in [4.78, 5) is 28.6. The number of H-pyrrole nitrogens is 1. The first-order chi connectivity index (χ1) is 13.5. The number of carbonyl (C=O) groups excluding carboxylic acids is 2. The molecular weight excluding hydrogens is 380 g/mol. The number of fused-ring (bicyclic) bond motifs is 5. The van der Waals surface area contributed by atoms with Crippen LogP contribution >= 0.6 is 11.6 Å². The number of ether oxygens (including phenoxy) is 1. The van der Waals surface area contributed by atoms with Gasteiger partial charge >= 0.3 is 0 Å². The second-order valence-corrected chi connectivity index (χ2v) is 6.93. The first-order valence-corrected chi connectivity index (χ1v) is 8.87. The molecule has 1 aliphatic heterocycles. The molecule has 1 aromatic heterocycles. The number of aromatic nitrogens is 1. The molecule has 0 aliphatic carbocycles. The van der Waals surface area contributed by atoms with Crippen molar-refractivity contribution in [3.63, 3.8) is 0 Å². The highest BCUT2D eigenvalue weighted by atomic mass is 35.5. The highest BCUT2D eigenvalue weighted by Gasteiger charge is 2.34. The Morgan fingerprint density at radius 2 is 1.75 bits per heavy atom. The first-order valence-electron chi connectivity index (χ1n) is 8.49. The molecule has 4 aromatic rings. The number of aromatic hydroxyl groups is 1. The second-order valence-electron chi connectivity index (χ2n) is 6.56. The molecule has 0 unspecified atom stereocenters. The minimum Gasteiger partial charge on any atom is -0.506 e. The van der Waals surface area contributed by atoms with E-state index in [-0.39, 0.29) is 21.9 Å². The van der Waals surface area contributed by atoms with E-state index >= 15 is 0 Å². The van der Waals surface area contributed by atoms with Gasteiger partial charge < -0.3 is 14.8 Å². The Hall–Kier alpha value is -3.51. The summed E-state index contributed by atoms with van der Waals surface area (Å²) in [5.41, 5.74) is 2.97. The molecule has 7 heteroatoms. The van der Waals surface area contributed by atoms with E-state index in [9.17, 15) is 14.7 Å². The van der Waals surface area contributed by atoms with E-state index in [0.29, 0.717) is 27.8 Å². The van der Waals surface area contributed by atoms with Gasteiger partial charge in [0.25, 0.3) is 11.8 Å². The molecule has 3 aromatic carbocycles. The van der Waals surface area contributed by atoms with E-state index in [0.717, 1.165) is 10.9 Å². The Morgan fingerprint density at radius 1 is 0.964 bits per heavy atom. The zero-order valence-corrected chi connectivity index (χ0v) is 15.3. The minimum atomic E-state index is -0.492. The Labute approximate surface area is 163 Å². The Kier molecular flexibility index (Phi) is 3.41. The fraction of sp³-hybridized carbons (Fsp3) is 0.0476. The fourth-order valence-electron chi connectivity index (χ4n) is 3.80. The van der Waals surface area contributed by atoms with Gasteiger partial charge in [-0.1, -0.05) is 23.7 Å². The van der Waals surface area contributed by atoms with E-state index in [1.807, 2.05) is 18.2 Å². The number of rotatable bonds is 2. The molecule has 3 N–H and O–H groups in total. The third-order valence-corrected chi connectivity index (χ3v) is 5.44. The summed E-state index contributed by atoms with van der Waals surface area (Å²) in [7, 11) is 1.57. The zero-order valence-electron chi connectivity index (χ0n) is 14.6. The van der Waals surface area contributed by atoms with Crippen LogP contribution in [-0.4, -0.2) is 29.0 Å². The molecule has 138 valence electrons. The molecule has 2 heterocycles. The molecule has 0 fully saturated rings. The van der Waals surface area contributed by atoms with E-state index in [2.05, 4.69) is 10.3 Å². The number of hydrogen-bond donors (Lipinski definition) is 3. The van der Waals surface area contributed by atoms with Crippen LogP contribution in [0.1, 0.15) is 20.7 Å². The van der Waals surface area contributed by atoms with Crippen LogP contribution in [0.25, 0.3) is 32.9 Å². The van der Waals surface area contributed by atoms with Crippen molar-refractivity contribution in [2.24, 2.45) is 0 Å². The van der Waals surface area contributed by atoms with Crippen molar-refractivity contribution in [1.82, 2.24) is 10.3 Å². The van der Waals surface area contributed by atoms with Crippen molar-refractivity contribution in [1.29, 1.82) is 0 Å². The van der Waals surface area contributed by atoms with Gasteiger partial charge in [0.2, 0.25) is 0 Å². The van der Waals surface area contributed by atoms with Crippen LogP contribution in [0, 0.1) is 0 Å². The van der Waals surface area contributed by atoms with Gasteiger partial charge in [-0.05, 0) is 35.9 Å². The first kappa shape index (κ1) is 16.6. The molecular formula is C21H13ClN2O4. The van der Waals surface area contributed by atoms with Crippen LogP contribution in [-0.2, 0) is 0 Å². The lowest BCUT2D eigenvalue weighted by molar-refractivity contribution is 0.0880. The number of hydrogen-bond acceptors (Lipinski definition) is 4. The molecule has 0 spiro atoms. The number of phenols is 1. The quantitative estimate of drug-likeness (QED) is 0.445. The molecule has 5 rings (SSSR count). The van der Waals surface area contributed by atoms with Crippen LogP contribution in [0.3, 0.4) is 0 Å². The standard InChI is InChI=1S/C21H13ClN2O4/c1-28-9-5-6-13-12(7-9)16-14(23-13)8-11(10-3-2-4-15(25)19(10)22)17-18(16)21(27)24-20(17)26/h2-8,23,25H,1H3,(H,24,26,27). The number of benzene rings is 3. The van der Waals surface area contributed by atoms with Crippen LogP contribution in [0.2, 0.25) is 5.02 Å². The Balaban J connectivity index is 1.96. The minimum absolute atomic E-state index is 0.0980. The predicted molar refractivity (Wildman–Crippen MR) is 106 cm³/mol. The van der Waals surface area contributed by atoms with Gasteiger partial charge in [-0.25, -0.2) is 0 Å². The van der Waals surface area contributed by atoms with Crippen molar-refractivity contribution in [2.75, 3.05) is 7.11 Å². The number of methoxy groups -OCH3 is 1. The molecule has 2 amide bonds. The van der Waals surface area contributed by atoms with Crippen LogP contribution in [0.15, 0.2) is 42.5 Å². The molecule has 0 radical (unpaired) electrons. The maximum absolute atomic E-state index is 12.7. The number of amides is 2. The molecule has 0 atom stereocenters. The topological polar surface area (TPSA) is 91.4 Å². The van der Waals surface area contributed by atoms with Gasteiger partial charge in [0.05, 0.1) is 23.3 Å². The fourth-order valence-corrected chi connectivity index (χ4v) is 4.03.